The highest BCUT2D eigenvalue weighted by Gasteiger charge is 2.56. The van der Waals surface area contributed by atoms with Crippen LogP contribution in [0.2, 0.25) is 0 Å². The molecule has 1 unspecified atom stereocenters. The number of ketones is 1. The molecule has 25 heavy (non-hydrogen) atoms. The van der Waals surface area contributed by atoms with E-state index in [2.05, 4.69) is 15.4 Å². The summed E-state index contributed by atoms with van der Waals surface area (Å²) in [5.41, 5.74) is -2.97. The first kappa shape index (κ1) is 20.6. The highest BCUT2D eigenvalue weighted by atomic mass is 19.4. The van der Waals surface area contributed by atoms with E-state index in [9.17, 15) is 36.2 Å². The summed E-state index contributed by atoms with van der Waals surface area (Å²) in [5, 5.41) is 9.42. The van der Waals surface area contributed by atoms with E-state index in [-0.39, 0.29) is 0 Å². The Hall–Kier alpha value is -2.49. The molecule has 1 N–H and O–H groups in total. The Balaban J connectivity index is 0.000000257. The van der Waals surface area contributed by atoms with Crippen molar-refractivity contribution in [1.29, 1.82) is 0 Å². The maximum atomic E-state index is 12.5. The standard InChI is InChI=1S/C9H9F3O2.C6H3F3O2/c1-2-5-8(13,9(10,11)12)7-4-3-6-14-7;7-6(8,9)5(10)4-2-1-3-11-4/h2-4,6,13H,1,5H2;1-3H. The summed E-state index contributed by atoms with van der Waals surface area (Å²) in [7, 11) is 0. The van der Waals surface area contributed by atoms with Gasteiger partial charge in [0.1, 0.15) is 5.76 Å². The second-order valence-electron chi connectivity index (χ2n) is 4.63. The van der Waals surface area contributed by atoms with Crippen LogP contribution in [0.15, 0.2) is 58.3 Å². The van der Waals surface area contributed by atoms with E-state index in [1.165, 1.54) is 12.1 Å². The molecule has 2 heterocycles. The lowest BCUT2D eigenvalue weighted by Gasteiger charge is -2.27. The van der Waals surface area contributed by atoms with E-state index in [1.807, 2.05) is 0 Å². The number of Topliss-reactive ketones (excluding diaryl/α,β-unsaturated/α-hetero) is 1. The summed E-state index contributed by atoms with van der Waals surface area (Å²) in [4.78, 5) is 10.3. The van der Waals surface area contributed by atoms with Gasteiger partial charge in [-0.2, -0.15) is 26.3 Å². The normalized spacial score (nSPS) is 14.2. The smallest absolute Gasteiger partial charge is 0.458 e. The average molecular weight is 370 g/mol. The van der Waals surface area contributed by atoms with Crippen molar-refractivity contribution in [2.24, 2.45) is 0 Å². The fraction of sp³-hybridized carbons (Fsp3) is 0.267. The van der Waals surface area contributed by atoms with Gasteiger partial charge in [0.15, 0.2) is 5.76 Å². The van der Waals surface area contributed by atoms with E-state index in [1.54, 1.807) is 0 Å². The molecular weight excluding hydrogens is 358 g/mol. The summed E-state index contributed by atoms with van der Waals surface area (Å²) < 4.78 is 81.1. The van der Waals surface area contributed by atoms with Crippen LogP contribution in [0.25, 0.3) is 0 Å². The van der Waals surface area contributed by atoms with Gasteiger partial charge in [0.2, 0.25) is 5.60 Å². The third-order valence-corrected chi connectivity index (χ3v) is 2.84. The highest BCUT2D eigenvalue weighted by molar-refractivity contribution is 5.97. The van der Waals surface area contributed by atoms with Crippen molar-refractivity contribution in [3.05, 3.63) is 61.0 Å². The molecule has 0 aliphatic carbocycles. The summed E-state index contributed by atoms with van der Waals surface area (Å²) in [6.45, 7) is 3.17. The van der Waals surface area contributed by atoms with E-state index in [0.29, 0.717) is 0 Å². The number of carbonyl (C=O) groups excluding carboxylic acids is 1. The maximum absolute atomic E-state index is 12.5. The quantitative estimate of drug-likeness (QED) is 0.484. The van der Waals surface area contributed by atoms with Crippen LogP contribution >= 0.6 is 0 Å². The summed E-state index contributed by atoms with van der Waals surface area (Å²) in [5.74, 6) is -3.16. The minimum absolute atomic E-state index is 0.523. The lowest BCUT2D eigenvalue weighted by molar-refractivity contribution is -0.271. The zero-order chi connectivity index (χ0) is 19.3. The molecule has 1 atom stereocenters. The highest BCUT2D eigenvalue weighted by Crippen LogP contribution is 2.41. The predicted octanol–water partition coefficient (Wildman–Crippen LogP) is 4.63. The molecule has 0 aliphatic heterocycles. The molecule has 2 aromatic heterocycles. The minimum atomic E-state index is -4.85. The number of carbonyl (C=O) groups is 1. The van der Waals surface area contributed by atoms with Crippen molar-refractivity contribution in [3.8, 4) is 0 Å². The van der Waals surface area contributed by atoms with Gasteiger partial charge in [0, 0.05) is 6.42 Å². The second-order valence-corrected chi connectivity index (χ2v) is 4.63. The molecule has 0 amide bonds. The van der Waals surface area contributed by atoms with Crippen LogP contribution in [0.5, 0.6) is 0 Å². The molecule has 0 radical (unpaired) electrons. The van der Waals surface area contributed by atoms with E-state index >= 15 is 0 Å². The molecule has 0 bridgehead atoms. The molecule has 0 spiro atoms. The van der Waals surface area contributed by atoms with Crippen LogP contribution in [0.1, 0.15) is 22.7 Å². The van der Waals surface area contributed by atoms with Gasteiger partial charge >= 0.3 is 18.1 Å². The first-order chi connectivity index (χ1) is 11.4. The van der Waals surface area contributed by atoms with Crippen molar-refractivity contribution < 1.29 is 45.1 Å². The number of aliphatic hydroxyl groups is 1. The Morgan fingerprint density at radius 1 is 1.08 bits per heavy atom. The second kappa shape index (κ2) is 7.60. The average Bonchev–Trinajstić information content (AvgIpc) is 3.19. The van der Waals surface area contributed by atoms with Gasteiger partial charge in [-0.05, 0) is 24.3 Å². The van der Waals surface area contributed by atoms with Gasteiger partial charge in [-0.3, -0.25) is 4.79 Å². The Kier molecular flexibility index (Phi) is 6.25. The number of hydrogen-bond donors (Lipinski definition) is 1. The summed E-state index contributed by atoms with van der Waals surface area (Å²) >= 11 is 0. The monoisotopic (exact) mass is 370 g/mol. The maximum Gasteiger partial charge on any atom is 0.458 e. The van der Waals surface area contributed by atoms with Crippen molar-refractivity contribution in [3.63, 3.8) is 0 Å². The third kappa shape index (κ3) is 4.99. The lowest BCUT2D eigenvalue weighted by atomic mass is 9.96. The van der Waals surface area contributed by atoms with E-state index < -0.39 is 41.7 Å². The number of rotatable bonds is 4. The molecule has 2 rings (SSSR count). The predicted molar refractivity (Wildman–Crippen MR) is 72.6 cm³/mol. The van der Waals surface area contributed by atoms with Crippen LogP contribution in [0.4, 0.5) is 26.3 Å². The van der Waals surface area contributed by atoms with Crippen molar-refractivity contribution in [2.45, 2.75) is 24.4 Å². The fourth-order valence-electron chi connectivity index (χ4n) is 1.63. The molecule has 10 heteroatoms. The zero-order valence-corrected chi connectivity index (χ0v) is 12.4. The van der Waals surface area contributed by atoms with Gasteiger partial charge in [0.25, 0.3) is 0 Å². The van der Waals surface area contributed by atoms with Crippen molar-refractivity contribution >= 4 is 5.78 Å². The number of furan rings is 2. The zero-order valence-electron chi connectivity index (χ0n) is 12.4. The lowest BCUT2D eigenvalue weighted by Crippen LogP contribution is -2.41. The van der Waals surface area contributed by atoms with Gasteiger partial charge in [-0.15, -0.1) is 6.58 Å². The van der Waals surface area contributed by atoms with Gasteiger partial charge in [-0.1, -0.05) is 6.08 Å². The van der Waals surface area contributed by atoms with Crippen LogP contribution in [-0.2, 0) is 5.60 Å². The number of halogens is 6. The van der Waals surface area contributed by atoms with Crippen LogP contribution < -0.4 is 0 Å². The molecular formula is C15H12F6O4. The summed E-state index contributed by atoms with van der Waals surface area (Å²) in [6.07, 6.45) is -7.18. The van der Waals surface area contributed by atoms with Crippen LogP contribution in [-0.4, -0.2) is 23.2 Å². The Bertz CT molecular complexity index is 670. The molecule has 0 fully saturated rings. The molecule has 0 saturated heterocycles. The van der Waals surface area contributed by atoms with Gasteiger partial charge < -0.3 is 13.9 Å². The van der Waals surface area contributed by atoms with Gasteiger partial charge in [0.05, 0.1) is 12.5 Å². The molecule has 2 aromatic rings. The number of alkyl halides is 6. The number of hydrogen-bond acceptors (Lipinski definition) is 4. The topological polar surface area (TPSA) is 63.6 Å². The molecule has 0 aromatic carbocycles. The SMILES string of the molecule is C=CCC(O)(c1ccco1)C(F)(F)F.O=C(c1ccco1)C(F)(F)F. The Morgan fingerprint density at radius 2 is 1.64 bits per heavy atom. The first-order valence-corrected chi connectivity index (χ1v) is 6.52. The summed E-state index contributed by atoms with van der Waals surface area (Å²) in [6, 6.07) is 4.56. The van der Waals surface area contributed by atoms with Crippen LogP contribution in [0.3, 0.4) is 0 Å². The molecule has 4 nitrogen and oxygen atoms in total. The third-order valence-electron chi connectivity index (χ3n) is 2.84. The Labute approximate surface area is 137 Å². The van der Waals surface area contributed by atoms with E-state index in [0.717, 1.165) is 30.7 Å². The molecule has 138 valence electrons. The largest absolute Gasteiger partial charge is 0.466 e. The molecule has 0 saturated carbocycles. The van der Waals surface area contributed by atoms with E-state index in [4.69, 9.17) is 0 Å². The fourth-order valence-corrected chi connectivity index (χ4v) is 1.63. The molecule has 0 aliphatic rings. The first-order valence-electron chi connectivity index (χ1n) is 6.52. The van der Waals surface area contributed by atoms with Crippen molar-refractivity contribution in [2.75, 3.05) is 0 Å². The van der Waals surface area contributed by atoms with Crippen LogP contribution in [0, 0.1) is 0 Å². The minimum Gasteiger partial charge on any atom is -0.466 e. The van der Waals surface area contributed by atoms with Gasteiger partial charge in [-0.25, -0.2) is 0 Å². The van der Waals surface area contributed by atoms with Crippen molar-refractivity contribution in [1.82, 2.24) is 0 Å². The Morgan fingerprint density at radius 3 is 2.00 bits per heavy atom.